The molecule has 0 radical (unpaired) electrons. The highest BCUT2D eigenvalue weighted by atomic mass is 35.5. The van der Waals surface area contributed by atoms with E-state index in [-0.39, 0.29) is 15.8 Å². The van der Waals surface area contributed by atoms with Gasteiger partial charge in [-0.2, -0.15) is 10.5 Å². The van der Waals surface area contributed by atoms with Crippen LogP contribution in [0.15, 0.2) is 53.6 Å². The molecule has 2 aromatic heterocycles. The van der Waals surface area contributed by atoms with E-state index in [2.05, 4.69) is 4.98 Å². The molecule has 1 aromatic carbocycles. The van der Waals surface area contributed by atoms with Gasteiger partial charge in [-0.05, 0) is 48.0 Å². The van der Waals surface area contributed by atoms with Gasteiger partial charge >= 0.3 is 0 Å². The van der Waals surface area contributed by atoms with Crippen LogP contribution in [0.2, 0.25) is 5.02 Å². The highest BCUT2D eigenvalue weighted by molar-refractivity contribution is 7.07. The Morgan fingerprint density at radius 3 is 2.36 bits per heavy atom. The SMILES string of the molecule is N#CC(C#N)=c1s/c(=C\c2ccncc2)c(=O)n1-c1ccc(Cl)cc1. The van der Waals surface area contributed by atoms with E-state index >= 15 is 0 Å². The molecule has 0 bridgehead atoms. The summed E-state index contributed by atoms with van der Waals surface area (Å²) in [5, 5.41) is 19.0. The molecule has 0 amide bonds. The van der Waals surface area contributed by atoms with E-state index in [0.29, 0.717) is 15.2 Å². The molecule has 0 saturated heterocycles. The summed E-state index contributed by atoms with van der Waals surface area (Å²) in [6.45, 7) is 0. The molecule has 3 aromatic rings. The molecule has 25 heavy (non-hydrogen) atoms. The van der Waals surface area contributed by atoms with E-state index in [1.54, 1.807) is 54.9 Å². The second kappa shape index (κ2) is 7.14. The van der Waals surface area contributed by atoms with Crippen LogP contribution >= 0.6 is 22.9 Å². The fourth-order valence-corrected chi connectivity index (χ4v) is 3.39. The molecule has 2 heterocycles. The van der Waals surface area contributed by atoms with Gasteiger partial charge in [0.15, 0.2) is 5.57 Å². The van der Waals surface area contributed by atoms with Crippen LogP contribution in [0, 0.1) is 22.7 Å². The van der Waals surface area contributed by atoms with Crippen LogP contribution in [0.4, 0.5) is 0 Å². The van der Waals surface area contributed by atoms with E-state index in [1.165, 1.54) is 4.57 Å². The summed E-state index contributed by atoms with van der Waals surface area (Å²) in [7, 11) is 0. The lowest BCUT2D eigenvalue weighted by atomic mass is 10.2. The number of hydrogen-bond acceptors (Lipinski definition) is 5. The first-order chi connectivity index (χ1) is 12.1. The Hall–Kier alpha value is -3.19. The van der Waals surface area contributed by atoms with E-state index in [4.69, 9.17) is 11.6 Å². The number of pyridine rings is 1. The number of halogens is 1. The minimum atomic E-state index is -0.304. The van der Waals surface area contributed by atoms with Crippen LogP contribution in [-0.2, 0) is 0 Å². The van der Waals surface area contributed by atoms with E-state index < -0.39 is 0 Å². The minimum absolute atomic E-state index is 0.119. The third kappa shape index (κ3) is 3.36. The van der Waals surface area contributed by atoms with Crippen molar-refractivity contribution in [2.45, 2.75) is 0 Å². The van der Waals surface area contributed by atoms with Gasteiger partial charge in [0.05, 0.1) is 10.2 Å². The van der Waals surface area contributed by atoms with Crippen LogP contribution in [0.25, 0.3) is 17.3 Å². The number of aromatic nitrogens is 2. The van der Waals surface area contributed by atoms with Crippen LogP contribution in [0.5, 0.6) is 0 Å². The van der Waals surface area contributed by atoms with Crippen molar-refractivity contribution in [1.29, 1.82) is 10.5 Å². The average Bonchev–Trinajstić information content (AvgIpc) is 2.94. The number of hydrogen-bond donors (Lipinski definition) is 0. The van der Waals surface area contributed by atoms with Gasteiger partial charge in [0.25, 0.3) is 5.56 Å². The normalized spacial score (nSPS) is 10.9. The molecule has 0 saturated carbocycles. The molecule has 0 aliphatic rings. The fraction of sp³-hybridized carbons (Fsp3) is 0. The van der Waals surface area contributed by atoms with Gasteiger partial charge in [-0.25, -0.2) is 0 Å². The van der Waals surface area contributed by atoms with E-state index in [1.807, 2.05) is 12.1 Å². The predicted octanol–water partition coefficient (Wildman–Crippen LogP) is 1.97. The third-order valence-electron chi connectivity index (χ3n) is 3.35. The topological polar surface area (TPSA) is 82.5 Å². The molecule has 3 rings (SSSR count). The molecule has 5 nitrogen and oxygen atoms in total. The van der Waals surface area contributed by atoms with E-state index in [9.17, 15) is 15.3 Å². The zero-order valence-electron chi connectivity index (χ0n) is 12.7. The lowest BCUT2D eigenvalue weighted by molar-refractivity contribution is 0.988. The Bertz CT molecular complexity index is 1160. The van der Waals surface area contributed by atoms with Crippen molar-refractivity contribution in [3.8, 4) is 17.8 Å². The third-order valence-corrected chi connectivity index (χ3v) is 4.69. The zero-order valence-corrected chi connectivity index (χ0v) is 14.3. The number of thiazole rings is 1. The molecular weight excluding hydrogens is 356 g/mol. The quantitative estimate of drug-likeness (QED) is 0.696. The van der Waals surface area contributed by atoms with Gasteiger partial charge in [-0.1, -0.05) is 11.6 Å². The second-order valence-electron chi connectivity index (χ2n) is 4.91. The maximum absolute atomic E-state index is 12.9. The Morgan fingerprint density at radius 2 is 1.76 bits per heavy atom. The Balaban J connectivity index is 2.39. The van der Waals surface area contributed by atoms with Crippen LogP contribution in [0.3, 0.4) is 0 Å². The van der Waals surface area contributed by atoms with Crippen molar-refractivity contribution in [3.05, 3.63) is 78.9 Å². The Kier molecular flexibility index (Phi) is 4.76. The molecule has 0 aliphatic heterocycles. The molecule has 0 spiro atoms. The van der Waals surface area contributed by atoms with Crippen molar-refractivity contribution >= 4 is 34.6 Å². The van der Waals surface area contributed by atoms with Gasteiger partial charge in [0.1, 0.15) is 16.8 Å². The predicted molar refractivity (Wildman–Crippen MR) is 96.6 cm³/mol. The smallest absolute Gasteiger partial charge is 0.267 e. The van der Waals surface area contributed by atoms with Crippen molar-refractivity contribution in [2.75, 3.05) is 0 Å². The summed E-state index contributed by atoms with van der Waals surface area (Å²) in [4.78, 5) is 16.8. The van der Waals surface area contributed by atoms with Gasteiger partial charge in [0.2, 0.25) is 0 Å². The molecule has 0 aliphatic carbocycles. The van der Waals surface area contributed by atoms with E-state index in [0.717, 1.165) is 16.9 Å². The van der Waals surface area contributed by atoms with Gasteiger partial charge < -0.3 is 0 Å². The maximum Gasteiger partial charge on any atom is 0.273 e. The second-order valence-corrected chi connectivity index (χ2v) is 6.38. The van der Waals surface area contributed by atoms with Crippen molar-refractivity contribution in [1.82, 2.24) is 9.55 Å². The molecule has 0 unspecified atom stereocenters. The molecule has 0 atom stereocenters. The highest BCUT2D eigenvalue weighted by Crippen LogP contribution is 2.11. The highest BCUT2D eigenvalue weighted by Gasteiger charge is 2.11. The van der Waals surface area contributed by atoms with Crippen molar-refractivity contribution in [3.63, 3.8) is 0 Å². The van der Waals surface area contributed by atoms with Gasteiger partial charge in [0, 0.05) is 17.4 Å². The van der Waals surface area contributed by atoms with Crippen LogP contribution in [-0.4, -0.2) is 9.55 Å². The van der Waals surface area contributed by atoms with Crippen LogP contribution < -0.4 is 14.8 Å². The van der Waals surface area contributed by atoms with Crippen molar-refractivity contribution < 1.29 is 0 Å². The molecule has 7 heteroatoms. The zero-order chi connectivity index (χ0) is 17.8. The Morgan fingerprint density at radius 1 is 1.12 bits per heavy atom. The van der Waals surface area contributed by atoms with Crippen LogP contribution in [0.1, 0.15) is 5.56 Å². The first-order valence-electron chi connectivity index (χ1n) is 7.08. The molecule has 0 N–H and O–H groups in total. The molecule has 0 fully saturated rings. The summed E-state index contributed by atoms with van der Waals surface area (Å²) in [6, 6.07) is 13.9. The van der Waals surface area contributed by atoms with Gasteiger partial charge in [-0.3, -0.25) is 14.3 Å². The number of benzene rings is 1. The minimum Gasteiger partial charge on any atom is -0.267 e. The molecule has 120 valence electrons. The summed E-state index contributed by atoms with van der Waals surface area (Å²) >= 11 is 7.00. The van der Waals surface area contributed by atoms with Gasteiger partial charge in [-0.15, -0.1) is 11.3 Å². The Labute approximate surface area is 151 Å². The monoisotopic (exact) mass is 364 g/mol. The summed E-state index contributed by atoms with van der Waals surface area (Å²) in [6.07, 6.45) is 4.96. The van der Waals surface area contributed by atoms with Crippen molar-refractivity contribution in [2.24, 2.45) is 0 Å². The lowest BCUT2D eigenvalue weighted by Crippen LogP contribution is -2.30. The first kappa shape index (κ1) is 16.7. The maximum atomic E-state index is 12.9. The standard InChI is InChI=1S/C18H9ClN4OS/c19-14-1-3-15(4-2-14)23-17(24)16(9-12-5-7-22-8-6-12)25-18(23)13(10-20)11-21/h1-9H/b16-9-. The summed E-state index contributed by atoms with van der Waals surface area (Å²) in [5.41, 5.74) is 0.921. The summed E-state index contributed by atoms with van der Waals surface area (Å²) < 4.78 is 2.06. The summed E-state index contributed by atoms with van der Waals surface area (Å²) in [5.74, 6) is 0. The number of rotatable bonds is 2. The lowest BCUT2D eigenvalue weighted by Gasteiger charge is -2.01. The fourth-order valence-electron chi connectivity index (χ4n) is 2.21. The number of nitriles is 2. The largest absolute Gasteiger partial charge is 0.273 e. The molecular formula is C18H9ClN4OS. The average molecular weight is 365 g/mol. The number of nitrogens with zero attached hydrogens (tertiary/aromatic N) is 4. The first-order valence-corrected chi connectivity index (χ1v) is 8.27.